The summed E-state index contributed by atoms with van der Waals surface area (Å²) in [7, 11) is 3.11. The number of hydrogen-bond acceptors (Lipinski definition) is 9. The second-order valence-corrected chi connectivity index (χ2v) is 9.61. The van der Waals surface area contributed by atoms with Gasteiger partial charge in [-0.3, -0.25) is 14.9 Å². The average molecular weight is 529 g/mol. The third kappa shape index (κ3) is 6.28. The van der Waals surface area contributed by atoms with Crippen LogP contribution in [0, 0.1) is 0 Å². The summed E-state index contributed by atoms with van der Waals surface area (Å²) in [6.07, 6.45) is 2.04. The van der Waals surface area contributed by atoms with E-state index in [-0.39, 0.29) is 18.4 Å². The zero-order valence-electron chi connectivity index (χ0n) is 20.4. The Morgan fingerprint density at radius 1 is 1.03 bits per heavy atom. The van der Waals surface area contributed by atoms with E-state index in [9.17, 15) is 9.59 Å². The molecule has 0 spiro atoms. The van der Waals surface area contributed by atoms with Crippen LogP contribution in [0.15, 0.2) is 47.8 Å². The number of thiazole rings is 1. The van der Waals surface area contributed by atoms with E-state index in [0.717, 1.165) is 30.1 Å². The lowest BCUT2D eigenvalue weighted by atomic mass is 10.2. The number of hydrogen-bond donors (Lipinski definition) is 1. The highest BCUT2D eigenvalue weighted by atomic mass is 32.2. The van der Waals surface area contributed by atoms with Crippen LogP contribution in [0.25, 0.3) is 11.3 Å². The molecule has 0 saturated carbocycles. The van der Waals surface area contributed by atoms with Crippen molar-refractivity contribution < 1.29 is 23.8 Å². The number of ether oxygens (including phenoxy) is 3. The number of piperazine rings is 1. The molecule has 1 aliphatic heterocycles. The van der Waals surface area contributed by atoms with Gasteiger partial charge in [0.1, 0.15) is 5.75 Å². The molecule has 0 bridgehead atoms. The first kappa shape index (κ1) is 25.8. The molecule has 11 heteroatoms. The monoisotopic (exact) mass is 528 g/mol. The van der Waals surface area contributed by atoms with E-state index in [2.05, 4.69) is 14.6 Å². The molecule has 1 aromatic heterocycles. The predicted octanol–water partition coefficient (Wildman–Crippen LogP) is 3.88. The summed E-state index contributed by atoms with van der Waals surface area (Å²) >= 11 is 3.03. The lowest BCUT2D eigenvalue weighted by Crippen LogP contribution is -2.47. The van der Waals surface area contributed by atoms with Crippen molar-refractivity contribution >= 4 is 40.2 Å². The Labute approximate surface area is 218 Å². The molecule has 9 nitrogen and oxygen atoms in total. The van der Waals surface area contributed by atoms with Gasteiger partial charge in [-0.25, -0.2) is 9.29 Å². The third-order valence-corrected chi connectivity index (χ3v) is 7.38. The molecule has 2 amide bonds. The smallest absolute Gasteiger partial charge is 0.260 e. The Bertz CT molecular complexity index is 1190. The molecule has 1 aliphatic rings. The van der Waals surface area contributed by atoms with Gasteiger partial charge in [0.05, 0.1) is 19.9 Å². The van der Waals surface area contributed by atoms with Gasteiger partial charge < -0.3 is 19.1 Å². The standard InChI is InChI=1S/C25H28N4O5S2/c1-32-19-7-4-17(5-8-19)20-16-36-25(26-20)27-24(31)18-6-9-21(22(14-18)33-2)34-15-23(30)28-10-12-29(35-3)13-11-28/h4-9,14,16H,10-13,15H2,1-3H3,(H,26,27,31). The van der Waals surface area contributed by atoms with Crippen molar-refractivity contribution in [3.05, 3.63) is 53.4 Å². The Morgan fingerprint density at radius 2 is 1.78 bits per heavy atom. The molecule has 1 saturated heterocycles. The van der Waals surface area contributed by atoms with E-state index in [1.54, 1.807) is 42.2 Å². The quantitative estimate of drug-likeness (QED) is 0.419. The summed E-state index contributed by atoms with van der Waals surface area (Å²) in [5.74, 6) is 1.15. The van der Waals surface area contributed by atoms with E-state index in [1.807, 2.05) is 35.9 Å². The Morgan fingerprint density at radius 3 is 2.44 bits per heavy atom. The van der Waals surface area contributed by atoms with Gasteiger partial charge in [-0.15, -0.1) is 11.3 Å². The average Bonchev–Trinajstić information content (AvgIpc) is 3.40. The van der Waals surface area contributed by atoms with Gasteiger partial charge in [0.25, 0.3) is 11.8 Å². The molecule has 0 unspecified atom stereocenters. The third-order valence-electron chi connectivity index (χ3n) is 5.74. The van der Waals surface area contributed by atoms with Crippen LogP contribution in [0.5, 0.6) is 17.2 Å². The number of rotatable bonds is 9. The SMILES string of the molecule is COc1ccc(-c2csc(NC(=O)c3ccc(OCC(=O)N4CCN(SC)CC4)c(OC)c3)n2)cc1. The molecule has 0 atom stereocenters. The number of aromatic nitrogens is 1. The van der Waals surface area contributed by atoms with Gasteiger partial charge in [0, 0.05) is 42.7 Å². The number of nitrogens with zero attached hydrogens (tertiary/aromatic N) is 3. The zero-order chi connectivity index (χ0) is 25.5. The fourth-order valence-corrected chi connectivity index (χ4v) is 4.92. The molecule has 0 aliphatic carbocycles. The topological polar surface area (TPSA) is 93.2 Å². The molecule has 1 N–H and O–H groups in total. The minimum atomic E-state index is -0.321. The zero-order valence-corrected chi connectivity index (χ0v) is 22.0. The summed E-state index contributed by atoms with van der Waals surface area (Å²) < 4.78 is 18.6. The highest BCUT2D eigenvalue weighted by molar-refractivity contribution is 7.96. The van der Waals surface area contributed by atoms with Crippen molar-refractivity contribution in [1.29, 1.82) is 0 Å². The first-order valence-corrected chi connectivity index (χ1v) is 13.4. The van der Waals surface area contributed by atoms with Crippen LogP contribution in [0.4, 0.5) is 5.13 Å². The fraction of sp³-hybridized carbons (Fsp3) is 0.320. The highest BCUT2D eigenvalue weighted by Crippen LogP contribution is 2.30. The number of benzene rings is 2. The first-order valence-electron chi connectivity index (χ1n) is 11.3. The van der Waals surface area contributed by atoms with E-state index < -0.39 is 0 Å². The Balaban J connectivity index is 1.35. The normalized spacial score (nSPS) is 13.8. The molecule has 4 rings (SSSR count). The predicted molar refractivity (Wildman–Crippen MR) is 142 cm³/mol. The van der Waals surface area contributed by atoms with Crippen LogP contribution in [-0.4, -0.2) is 79.3 Å². The number of anilines is 1. The van der Waals surface area contributed by atoms with Gasteiger partial charge >= 0.3 is 0 Å². The second kappa shape index (κ2) is 12.1. The van der Waals surface area contributed by atoms with E-state index in [1.165, 1.54) is 18.4 Å². The van der Waals surface area contributed by atoms with Crippen LogP contribution in [0.3, 0.4) is 0 Å². The van der Waals surface area contributed by atoms with Crippen molar-refractivity contribution in [2.45, 2.75) is 0 Å². The van der Waals surface area contributed by atoms with Crippen molar-refractivity contribution in [2.75, 3.05) is 58.6 Å². The maximum atomic E-state index is 12.8. The Hall–Kier alpha value is -3.28. The molecule has 190 valence electrons. The van der Waals surface area contributed by atoms with E-state index >= 15 is 0 Å². The van der Waals surface area contributed by atoms with Crippen LogP contribution in [0.2, 0.25) is 0 Å². The first-order chi connectivity index (χ1) is 17.5. The van der Waals surface area contributed by atoms with Gasteiger partial charge in [0.2, 0.25) is 0 Å². The summed E-state index contributed by atoms with van der Waals surface area (Å²) in [6.45, 7) is 2.93. The Kier molecular flexibility index (Phi) is 8.68. The largest absolute Gasteiger partial charge is 0.497 e. The summed E-state index contributed by atoms with van der Waals surface area (Å²) in [4.78, 5) is 31.7. The van der Waals surface area contributed by atoms with Crippen LogP contribution >= 0.6 is 23.3 Å². The number of nitrogens with one attached hydrogen (secondary N) is 1. The molecule has 0 radical (unpaired) electrons. The molecular weight excluding hydrogens is 500 g/mol. The second-order valence-electron chi connectivity index (χ2n) is 7.87. The minimum absolute atomic E-state index is 0.0731. The minimum Gasteiger partial charge on any atom is -0.497 e. The lowest BCUT2D eigenvalue weighted by molar-refractivity contribution is -0.134. The van der Waals surface area contributed by atoms with Crippen molar-refractivity contribution in [3.63, 3.8) is 0 Å². The van der Waals surface area contributed by atoms with Gasteiger partial charge in [0.15, 0.2) is 23.2 Å². The van der Waals surface area contributed by atoms with Gasteiger partial charge in [-0.05, 0) is 48.7 Å². The van der Waals surface area contributed by atoms with Crippen molar-refractivity contribution in [1.82, 2.24) is 14.2 Å². The van der Waals surface area contributed by atoms with E-state index in [0.29, 0.717) is 35.3 Å². The number of methoxy groups -OCH3 is 2. The summed E-state index contributed by atoms with van der Waals surface area (Å²) in [5, 5.41) is 5.19. The summed E-state index contributed by atoms with van der Waals surface area (Å²) in [5.41, 5.74) is 2.08. The number of carbonyl (C=O) groups excluding carboxylic acids is 2. The molecule has 36 heavy (non-hydrogen) atoms. The van der Waals surface area contributed by atoms with E-state index in [4.69, 9.17) is 14.2 Å². The lowest BCUT2D eigenvalue weighted by Gasteiger charge is -2.33. The van der Waals surface area contributed by atoms with Crippen LogP contribution < -0.4 is 19.5 Å². The molecule has 2 aromatic carbocycles. The maximum Gasteiger partial charge on any atom is 0.260 e. The molecular formula is C25H28N4O5S2. The molecule has 1 fully saturated rings. The van der Waals surface area contributed by atoms with Crippen molar-refractivity contribution in [2.24, 2.45) is 0 Å². The highest BCUT2D eigenvalue weighted by Gasteiger charge is 2.21. The maximum absolute atomic E-state index is 12.8. The van der Waals surface area contributed by atoms with Gasteiger partial charge in [-0.1, -0.05) is 11.9 Å². The molecule has 2 heterocycles. The van der Waals surface area contributed by atoms with Crippen LogP contribution in [0.1, 0.15) is 10.4 Å². The fourth-order valence-electron chi connectivity index (χ4n) is 3.67. The van der Waals surface area contributed by atoms with Gasteiger partial charge in [-0.2, -0.15) is 0 Å². The number of amides is 2. The summed E-state index contributed by atoms with van der Waals surface area (Å²) in [6, 6.07) is 12.4. The van der Waals surface area contributed by atoms with Crippen LogP contribution in [-0.2, 0) is 4.79 Å². The molecule has 3 aromatic rings. The van der Waals surface area contributed by atoms with Crippen molar-refractivity contribution in [3.8, 4) is 28.5 Å². The number of carbonyl (C=O) groups is 2.